The summed E-state index contributed by atoms with van der Waals surface area (Å²) in [7, 11) is 0. The van der Waals surface area contributed by atoms with E-state index in [-0.39, 0.29) is 26.2 Å². The Morgan fingerprint density at radius 3 is 0.912 bits per heavy atom. The maximum absolute atomic E-state index is 4.25. The van der Waals surface area contributed by atoms with Crippen molar-refractivity contribution < 1.29 is 0 Å². The summed E-state index contributed by atoms with van der Waals surface area (Å²) in [4.78, 5) is 12.7. The number of aromatic nitrogens is 3. The molecule has 0 bridgehead atoms. The van der Waals surface area contributed by atoms with Gasteiger partial charge >= 0.3 is 219 Å². The van der Waals surface area contributed by atoms with E-state index in [1.165, 1.54) is 16.2 Å². The first-order chi connectivity index (χ1) is 16.1. The number of benzene rings is 3. The van der Waals surface area contributed by atoms with Gasteiger partial charge in [-0.1, -0.05) is 0 Å². The second-order valence-electron chi connectivity index (χ2n) is 6.99. The fraction of sp³-hybridized carbons (Fsp3) is 0. The minimum atomic E-state index is 0. The van der Waals surface area contributed by atoms with E-state index in [0.29, 0.717) is 0 Å². The van der Waals surface area contributed by atoms with Gasteiger partial charge < -0.3 is 0 Å². The molecule has 7 heteroatoms. The molecule has 6 rings (SSSR count). The van der Waals surface area contributed by atoms with Crippen LogP contribution in [0.25, 0.3) is 32.7 Å². The Balaban J connectivity index is 0.000000141. The van der Waals surface area contributed by atoms with Crippen LogP contribution in [0.3, 0.4) is 0 Å². The molecule has 3 heterocycles. The van der Waals surface area contributed by atoms with Crippen LogP contribution >= 0.6 is 0 Å². The predicted molar refractivity (Wildman–Crippen MR) is 147 cm³/mol. The molecule has 3 aromatic carbocycles. The maximum atomic E-state index is 4.25. The van der Waals surface area contributed by atoms with Gasteiger partial charge in [-0.05, 0) is 0 Å². The Morgan fingerprint density at radius 2 is 0.647 bits per heavy atom. The molecule has 0 atom stereocenters. The van der Waals surface area contributed by atoms with Crippen molar-refractivity contribution >= 4 is 120 Å². The van der Waals surface area contributed by atoms with Crippen molar-refractivity contribution in [1.82, 2.24) is 15.0 Å². The van der Waals surface area contributed by atoms with E-state index in [4.69, 9.17) is 0 Å². The molecule has 3 aromatic heterocycles. The second-order valence-corrected chi connectivity index (χ2v) is 9.76. The molecule has 0 amide bonds. The van der Waals surface area contributed by atoms with E-state index in [1.807, 2.05) is 73.2 Å². The Bertz CT molecular complexity index is 1330. The molecular formula is C27H18BiN3Se3. The minimum absolute atomic E-state index is 0. The number of fused-ring (bicyclic) bond motifs is 3. The molecular weight excluding hydrogens is 812 g/mol. The molecule has 164 valence electrons. The van der Waals surface area contributed by atoms with Crippen LogP contribution < -0.4 is 13.4 Å². The van der Waals surface area contributed by atoms with Gasteiger partial charge in [0.25, 0.3) is 0 Å². The zero-order valence-corrected chi connectivity index (χ0v) is 26.5. The van der Waals surface area contributed by atoms with Crippen molar-refractivity contribution in [1.29, 1.82) is 0 Å². The molecule has 3 nitrogen and oxygen atoms in total. The van der Waals surface area contributed by atoms with Gasteiger partial charge in [0.2, 0.25) is 0 Å². The van der Waals surface area contributed by atoms with Crippen molar-refractivity contribution in [3.8, 4) is 0 Å². The topological polar surface area (TPSA) is 38.7 Å². The van der Waals surface area contributed by atoms with E-state index in [9.17, 15) is 0 Å². The molecule has 0 spiro atoms. The monoisotopic (exact) mass is 833 g/mol. The summed E-state index contributed by atoms with van der Waals surface area (Å²) in [6.45, 7) is 0. The van der Waals surface area contributed by atoms with E-state index >= 15 is 0 Å². The van der Waals surface area contributed by atoms with Crippen molar-refractivity contribution in [2.75, 3.05) is 0 Å². The van der Waals surface area contributed by atoms with Gasteiger partial charge in [-0.15, -0.1) is 0 Å². The van der Waals surface area contributed by atoms with Crippen LogP contribution in [0.5, 0.6) is 0 Å². The molecule has 34 heavy (non-hydrogen) atoms. The van der Waals surface area contributed by atoms with Crippen LogP contribution in [0.4, 0.5) is 0 Å². The fourth-order valence-electron chi connectivity index (χ4n) is 3.23. The number of rotatable bonds is 0. The average molecular weight is 830 g/mol. The summed E-state index contributed by atoms with van der Waals surface area (Å²) in [6, 6.07) is 30.3. The molecule has 0 saturated carbocycles. The van der Waals surface area contributed by atoms with Crippen LogP contribution in [0, 0.1) is 0 Å². The summed E-state index contributed by atoms with van der Waals surface area (Å²) in [5.74, 6) is 0. The normalized spacial score (nSPS) is 9.88. The SMILES string of the molecule is [Bi].[Se]c1cccc2cccnc12.[Se]c1cccc2cccnc12.[Se]c1cccc2cccnc12. The third-order valence-corrected chi connectivity index (χ3v) is 6.86. The van der Waals surface area contributed by atoms with Gasteiger partial charge in [0.1, 0.15) is 0 Å². The molecule has 0 saturated heterocycles. The first-order valence-corrected chi connectivity index (χ1v) is 12.7. The Morgan fingerprint density at radius 1 is 0.382 bits per heavy atom. The molecule has 0 aliphatic rings. The zero-order valence-electron chi connectivity index (χ0n) is 17.9. The first kappa shape index (κ1) is 26.9. The molecule has 6 radical (unpaired) electrons. The van der Waals surface area contributed by atoms with Crippen LogP contribution in [0.1, 0.15) is 0 Å². The van der Waals surface area contributed by atoms with Gasteiger partial charge in [0, 0.05) is 26.2 Å². The molecule has 0 aliphatic heterocycles. The van der Waals surface area contributed by atoms with Gasteiger partial charge in [0.15, 0.2) is 0 Å². The number of para-hydroxylation sites is 3. The van der Waals surface area contributed by atoms with Crippen molar-refractivity contribution in [3.05, 3.63) is 110 Å². The van der Waals surface area contributed by atoms with Crippen LogP contribution in [0.15, 0.2) is 110 Å². The summed E-state index contributed by atoms with van der Waals surface area (Å²) in [5.41, 5.74) is 3.15. The Kier molecular flexibility index (Phi) is 10.6. The molecule has 0 unspecified atom stereocenters. The number of hydrogen-bond acceptors (Lipinski definition) is 3. The van der Waals surface area contributed by atoms with Crippen molar-refractivity contribution in [2.45, 2.75) is 0 Å². The average Bonchev–Trinajstić information content (AvgIpc) is 2.86. The third-order valence-electron chi connectivity index (χ3n) is 4.79. The summed E-state index contributed by atoms with van der Waals surface area (Å²) in [5, 5.41) is 3.55. The van der Waals surface area contributed by atoms with Crippen LogP contribution in [-0.2, 0) is 0 Å². The van der Waals surface area contributed by atoms with Gasteiger partial charge in [-0.3, -0.25) is 0 Å². The van der Waals surface area contributed by atoms with Crippen molar-refractivity contribution in [3.63, 3.8) is 0 Å². The predicted octanol–water partition coefficient (Wildman–Crippen LogP) is 2.71. The van der Waals surface area contributed by atoms with E-state index in [0.717, 1.165) is 29.9 Å². The van der Waals surface area contributed by atoms with Crippen LogP contribution in [0.2, 0.25) is 0 Å². The van der Waals surface area contributed by atoms with Gasteiger partial charge in [-0.25, -0.2) is 0 Å². The van der Waals surface area contributed by atoms with E-state index in [2.05, 4.69) is 99.4 Å². The van der Waals surface area contributed by atoms with E-state index in [1.54, 1.807) is 0 Å². The number of hydrogen-bond donors (Lipinski definition) is 0. The Hall–Kier alpha value is -1.67. The second kappa shape index (κ2) is 13.4. The first-order valence-electron chi connectivity index (χ1n) is 10.2. The number of pyridine rings is 3. The Labute approximate surface area is 242 Å². The van der Waals surface area contributed by atoms with Crippen molar-refractivity contribution in [2.24, 2.45) is 0 Å². The van der Waals surface area contributed by atoms with Crippen LogP contribution in [-0.4, -0.2) is 89.2 Å². The fourth-order valence-corrected chi connectivity index (χ4v) is 4.80. The van der Waals surface area contributed by atoms with E-state index < -0.39 is 0 Å². The molecule has 0 aliphatic carbocycles. The molecule has 0 fully saturated rings. The standard InChI is InChI=1S/3C9H6NSe.Bi/c3*11-8-5-1-3-7-4-2-6-10-9(7)8;/h3*1-6H;. The van der Waals surface area contributed by atoms with Gasteiger partial charge in [-0.2, -0.15) is 0 Å². The quantitative estimate of drug-likeness (QED) is 0.222. The summed E-state index contributed by atoms with van der Waals surface area (Å²) in [6.07, 6.45) is 5.43. The third kappa shape index (κ3) is 6.94. The van der Waals surface area contributed by atoms with Gasteiger partial charge in [0.05, 0.1) is 0 Å². The molecule has 6 aromatic rings. The summed E-state index contributed by atoms with van der Waals surface area (Å²) >= 11 is 8.95. The zero-order chi connectivity index (χ0) is 23.0. The molecule has 0 N–H and O–H groups in total. The number of nitrogens with zero attached hydrogens (tertiary/aromatic N) is 3. The summed E-state index contributed by atoms with van der Waals surface area (Å²) < 4.78 is 3.34.